The Labute approximate surface area is 139 Å². The van der Waals surface area contributed by atoms with Crippen LogP contribution in [0.3, 0.4) is 0 Å². The number of hydrogen-bond donors (Lipinski definition) is 6. The van der Waals surface area contributed by atoms with Crippen LogP contribution in [0.2, 0.25) is 0 Å². The van der Waals surface area contributed by atoms with Crippen LogP contribution in [0.5, 0.6) is 0 Å². The van der Waals surface area contributed by atoms with E-state index in [1.165, 1.54) is 0 Å². The minimum atomic E-state index is -2.63. The lowest BCUT2D eigenvalue weighted by Crippen LogP contribution is -2.51. The number of halogens is 1. The maximum Gasteiger partial charge on any atom is 0.280 e. The lowest BCUT2D eigenvalue weighted by molar-refractivity contribution is -0.164. The molecule has 0 amide bonds. The molecule has 6 atom stereocenters. The van der Waals surface area contributed by atoms with E-state index in [1.54, 1.807) is 0 Å². The first-order valence-corrected chi connectivity index (χ1v) is 7.40. The largest absolute Gasteiger partial charge is 0.394 e. The van der Waals surface area contributed by atoms with Crippen LogP contribution in [-0.2, 0) is 4.74 Å². The molecule has 0 aliphatic carbocycles. The van der Waals surface area contributed by atoms with Gasteiger partial charge in [0.2, 0.25) is 5.95 Å². The summed E-state index contributed by atoms with van der Waals surface area (Å²) in [6.45, 7) is 0.195. The van der Waals surface area contributed by atoms with Crippen LogP contribution in [0, 0.1) is 0 Å². The number of aromatic nitrogens is 4. The van der Waals surface area contributed by atoms with Crippen molar-refractivity contribution >= 4 is 17.1 Å². The fourth-order valence-corrected chi connectivity index (χ4v) is 2.87. The van der Waals surface area contributed by atoms with Gasteiger partial charge in [-0.2, -0.15) is 4.98 Å². The molecule has 1 saturated heterocycles. The smallest absolute Gasteiger partial charge is 0.280 e. The highest BCUT2D eigenvalue weighted by molar-refractivity contribution is 5.70. The number of ether oxygens (including phenoxy) is 1. The van der Waals surface area contributed by atoms with Crippen molar-refractivity contribution in [1.29, 1.82) is 0 Å². The number of fused-ring (bicyclic) bond motifs is 1. The number of nitrogens with zero attached hydrogens (tertiary/aromatic N) is 3. The van der Waals surface area contributed by atoms with E-state index in [9.17, 15) is 25.2 Å². The van der Waals surface area contributed by atoms with E-state index in [4.69, 9.17) is 10.5 Å². The van der Waals surface area contributed by atoms with Crippen molar-refractivity contribution in [3.63, 3.8) is 0 Å². The van der Waals surface area contributed by atoms with Crippen LogP contribution < -0.4 is 11.3 Å². The van der Waals surface area contributed by atoms with E-state index in [2.05, 4.69) is 15.0 Å². The zero-order chi connectivity index (χ0) is 18.5. The zero-order valence-electron chi connectivity index (χ0n) is 13.1. The Hall–Kier alpha value is -2.12. The summed E-state index contributed by atoms with van der Waals surface area (Å²) < 4.78 is 21.7. The van der Waals surface area contributed by atoms with Gasteiger partial charge in [-0.25, -0.2) is 9.37 Å². The molecule has 1 fully saturated rings. The second-order valence-electron chi connectivity index (χ2n) is 6.06. The van der Waals surface area contributed by atoms with Gasteiger partial charge in [-0.15, -0.1) is 0 Å². The number of nitrogens with one attached hydrogen (secondary N) is 1. The number of imidazole rings is 1. The lowest BCUT2D eigenvalue weighted by Gasteiger charge is -2.33. The number of aliphatic hydroxyl groups excluding tert-OH is 4. The average molecular weight is 359 g/mol. The Morgan fingerprint density at radius 2 is 2.12 bits per heavy atom. The number of H-pyrrole nitrogens is 1. The number of anilines is 1. The molecule has 0 bridgehead atoms. The first-order chi connectivity index (χ1) is 11.7. The third kappa shape index (κ3) is 2.67. The molecular weight excluding hydrogens is 341 g/mol. The van der Waals surface area contributed by atoms with Gasteiger partial charge in [-0.1, -0.05) is 0 Å². The van der Waals surface area contributed by atoms with Crippen LogP contribution in [0.15, 0.2) is 11.1 Å². The van der Waals surface area contributed by atoms with Gasteiger partial charge < -0.3 is 30.9 Å². The van der Waals surface area contributed by atoms with Gasteiger partial charge in [0.15, 0.2) is 23.1 Å². The summed E-state index contributed by atoms with van der Waals surface area (Å²) in [5.74, 6) is -0.243. The van der Waals surface area contributed by atoms with Gasteiger partial charge >= 0.3 is 0 Å². The molecule has 2 aromatic heterocycles. The number of hydrogen-bond acceptors (Lipinski definition) is 9. The summed E-state index contributed by atoms with van der Waals surface area (Å²) in [5, 5.41) is 39.4. The van der Waals surface area contributed by atoms with Crippen molar-refractivity contribution in [3.05, 3.63) is 16.7 Å². The van der Waals surface area contributed by atoms with Crippen LogP contribution in [0.4, 0.5) is 10.3 Å². The summed E-state index contributed by atoms with van der Waals surface area (Å²) in [6.07, 6.45) is -7.71. The summed E-state index contributed by atoms with van der Waals surface area (Å²) in [7, 11) is 0. The molecule has 0 saturated carbocycles. The predicted octanol–water partition coefficient (Wildman–Crippen LogP) is -2.60. The topological polar surface area (TPSA) is 180 Å². The molecule has 1 aliphatic heterocycles. The third-order valence-electron chi connectivity index (χ3n) is 4.30. The molecule has 0 unspecified atom stereocenters. The van der Waals surface area contributed by atoms with E-state index < -0.39 is 48.5 Å². The number of nitrogens with two attached hydrogens (primary N) is 1. The highest BCUT2D eigenvalue weighted by Crippen LogP contribution is 2.39. The van der Waals surface area contributed by atoms with E-state index in [0.29, 0.717) is 0 Å². The highest BCUT2D eigenvalue weighted by atomic mass is 19.1. The van der Waals surface area contributed by atoms with Crippen LogP contribution in [-0.4, -0.2) is 76.6 Å². The minimum Gasteiger partial charge on any atom is -0.394 e. The van der Waals surface area contributed by atoms with E-state index >= 15 is 4.39 Å². The summed E-state index contributed by atoms with van der Waals surface area (Å²) >= 11 is 0. The van der Waals surface area contributed by atoms with Gasteiger partial charge in [-0.3, -0.25) is 14.3 Å². The molecule has 0 radical (unpaired) electrons. The molecular formula is C13H18FN5O6. The predicted molar refractivity (Wildman–Crippen MR) is 81.1 cm³/mol. The van der Waals surface area contributed by atoms with Gasteiger partial charge in [0.1, 0.15) is 24.4 Å². The summed E-state index contributed by atoms with van der Waals surface area (Å²) in [6, 6.07) is 0. The molecule has 7 N–H and O–H groups in total. The van der Waals surface area contributed by atoms with Crippen LogP contribution in [0.25, 0.3) is 11.2 Å². The molecule has 0 aromatic carbocycles. The fraction of sp³-hybridized carbons (Fsp3) is 0.615. The van der Waals surface area contributed by atoms with Gasteiger partial charge in [0, 0.05) is 0 Å². The number of alkyl halides is 1. The minimum absolute atomic E-state index is 0.120. The van der Waals surface area contributed by atoms with Crippen LogP contribution in [0.1, 0.15) is 13.2 Å². The normalized spacial score (nSPS) is 36.5. The number of nitrogen functional groups attached to an aromatic ring is 1. The monoisotopic (exact) mass is 359 g/mol. The Balaban J connectivity index is 2.18. The Morgan fingerprint density at radius 3 is 2.76 bits per heavy atom. The SMILES string of the molecule is C[C@@]1(F)[C@H](O)[C@H](O)[C@H](O)[C@@H](CO)O[C@H]1n1cnc2c(=O)[nH]c(N)nc21. The van der Waals surface area contributed by atoms with Crippen molar-refractivity contribution in [2.75, 3.05) is 12.3 Å². The highest BCUT2D eigenvalue weighted by Gasteiger charge is 2.54. The van der Waals surface area contributed by atoms with Crippen LogP contribution >= 0.6 is 0 Å². The second-order valence-corrected chi connectivity index (χ2v) is 6.06. The number of rotatable bonds is 2. The molecule has 12 heteroatoms. The molecule has 3 heterocycles. The average Bonchev–Trinajstić information content (AvgIpc) is 2.94. The lowest BCUT2D eigenvalue weighted by atomic mass is 9.92. The number of aromatic amines is 1. The van der Waals surface area contributed by atoms with Crippen molar-refractivity contribution in [1.82, 2.24) is 19.5 Å². The van der Waals surface area contributed by atoms with Crippen molar-refractivity contribution < 1.29 is 29.6 Å². The molecule has 2 aromatic rings. The van der Waals surface area contributed by atoms with E-state index in [1.807, 2.05) is 0 Å². The quantitative estimate of drug-likeness (QED) is 0.335. The fourth-order valence-electron chi connectivity index (χ4n) is 2.87. The molecule has 3 rings (SSSR count). The molecule has 1 aliphatic rings. The first-order valence-electron chi connectivity index (χ1n) is 7.40. The molecule has 25 heavy (non-hydrogen) atoms. The van der Waals surface area contributed by atoms with Crippen molar-refractivity contribution in [3.8, 4) is 0 Å². The summed E-state index contributed by atoms with van der Waals surface area (Å²) in [4.78, 5) is 21.8. The summed E-state index contributed by atoms with van der Waals surface area (Å²) in [5.41, 5.74) is 1.94. The van der Waals surface area contributed by atoms with E-state index in [0.717, 1.165) is 17.8 Å². The first kappa shape index (κ1) is 17.7. The van der Waals surface area contributed by atoms with E-state index in [-0.39, 0.29) is 17.1 Å². The zero-order valence-corrected chi connectivity index (χ0v) is 13.1. The van der Waals surface area contributed by atoms with Gasteiger partial charge in [0.25, 0.3) is 5.56 Å². The molecule has 11 nitrogen and oxygen atoms in total. The molecule has 0 spiro atoms. The van der Waals surface area contributed by atoms with Gasteiger partial charge in [-0.05, 0) is 6.92 Å². The second kappa shape index (κ2) is 6.00. The Bertz CT molecular complexity index is 838. The Morgan fingerprint density at radius 1 is 1.44 bits per heavy atom. The standard InChI is InChI=1S/C13H18FN5O6/c1-13(14)8(23)7(22)6(21)4(2-20)25-11(13)19-3-16-5-9(19)17-12(15)18-10(5)24/h3-4,6-8,11,20-23H,2H2,1H3,(H3,15,17,18,24)/t4-,6-,7-,8-,11-,13-/m1/s1. The maximum absolute atomic E-state index is 15.3. The maximum atomic E-state index is 15.3. The molecule has 138 valence electrons. The number of aliphatic hydroxyl groups is 4. The Kier molecular flexibility index (Phi) is 4.25. The van der Waals surface area contributed by atoms with Crippen molar-refractivity contribution in [2.24, 2.45) is 0 Å². The third-order valence-corrected chi connectivity index (χ3v) is 4.30. The van der Waals surface area contributed by atoms with Crippen molar-refractivity contribution in [2.45, 2.75) is 43.2 Å². The van der Waals surface area contributed by atoms with Gasteiger partial charge in [0.05, 0.1) is 12.9 Å².